The monoisotopic (exact) mass is 1030 g/mol. The van der Waals surface area contributed by atoms with Crippen molar-refractivity contribution in [2.24, 2.45) is 0 Å². The number of phosphoric ester groups is 1. The highest BCUT2D eigenvalue weighted by Gasteiger charge is 2.30. The lowest BCUT2D eigenvalue weighted by Crippen LogP contribution is -2.47. The third-order valence-corrected chi connectivity index (χ3v) is 14.2. The summed E-state index contributed by atoms with van der Waals surface area (Å²) < 4.78 is 30.6. The highest BCUT2D eigenvalue weighted by atomic mass is 31.2. The molecule has 0 heterocycles. The Hall–Kier alpha value is -2.29. The fraction of sp³-hybridized carbons (Fsp3) is 0.806. The van der Waals surface area contributed by atoms with Gasteiger partial charge in [-0.05, 0) is 89.5 Å². The summed E-state index contributed by atoms with van der Waals surface area (Å²) in [6, 6.07) is -0.859. The standard InChI is InChI=1S/C62H115N2O7P/c1-7-10-13-16-19-22-25-28-30-31-32-33-34-36-39-42-45-48-51-54-61(65)63-59(58-70-72(67,68)69-57-56-64(4,5)6)60(53-50-47-44-41-38-35-27-24-21-18-15-12-9-3)71-62(66)55-52-49-46-43-40-37-29-26-23-20-17-14-11-8-2/h11,14,20,23,28-30,37,50,53,59-60H,7-10,12-13,15-19,21-22,24-27,31-36,38-49,51-52,54-58H2,1-6H3,(H-,63,65,67,68)/p+1/b14-11+,23-20+,30-28+,37-29+,53-50-. The van der Waals surface area contributed by atoms with Crippen molar-refractivity contribution in [3.05, 3.63) is 60.8 Å². The predicted octanol–water partition coefficient (Wildman–Crippen LogP) is 18.3. The molecule has 0 radical (unpaired) electrons. The molecule has 0 aromatic heterocycles. The second kappa shape index (κ2) is 52.2. The molecule has 420 valence electrons. The Balaban J connectivity index is 5.32. The molecule has 0 saturated heterocycles. The maximum absolute atomic E-state index is 13.5. The van der Waals surface area contributed by atoms with Gasteiger partial charge in [-0.15, -0.1) is 0 Å². The molecule has 0 rings (SSSR count). The van der Waals surface area contributed by atoms with E-state index in [0.717, 1.165) is 83.5 Å². The Labute approximate surface area is 445 Å². The summed E-state index contributed by atoms with van der Waals surface area (Å²) in [6.45, 7) is 6.89. The van der Waals surface area contributed by atoms with Gasteiger partial charge in [0.1, 0.15) is 19.3 Å². The fourth-order valence-electron chi connectivity index (χ4n) is 8.54. The Bertz CT molecular complexity index is 1420. The van der Waals surface area contributed by atoms with Gasteiger partial charge in [0.05, 0.1) is 33.8 Å². The Morgan fingerprint density at radius 3 is 1.35 bits per heavy atom. The minimum atomic E-state index is -4.45. The molecule has 1 amide bonds. The Morgan fingerprint density at radius 2 is 0.889 bits per heavy atom. The van der Waals surface area contributed by atoms with E-state index in [1.807, 2.05) is 33.3 Å². The molecule has 0 aromatic carbocycles. The first-order chi connectivity index (χ1) is 34.9. The minimum absolute atomic E-state index is 0.0351. The summed E-state index contributed by atoms with van der Waals surface area (Å²) in [5.74, 6) is -0.529. The number of carbonyl (C=O) groups is 2. The summed E-state index contributed by atoms with van der Waals surface area (Å²) in [5, 5.41) is 3.05. The van der Waals surface area contributed by atoms with Crippen LogP contribution in [0.5, 0.6) is 0 Å². The average Bonchev–Trinajstić information content (AvgIpc) is 3.34. The van der Waals surface area contributed by atoms with E-state index in [4.69, 9.17) is 13.8 Å². The van der Waals surface area contributed by atoms with Gasteiger partial charge in [-0.25, -0.2) is 4.57 Å². The lowest BCUT2D eigenvalue weighted by Gasteiger charge is -2.27. The second-order valence-electron chi connectivity index (χ2n) is 21.5. The first-order valence-electron chi connectivity index (χ1n) is 30.1. The van der Waals surface area contributed by atoms with Gasteiger partial charge in [0.25, 0.3) is 0 Å². The number of unbranched alkanes of at least 4 members (excludes halogenated alkanes) is 30. The van der Waals surface area contributed by atoms with Gasteiger partial charge in [-0.2, -0.15) is 0 Å². The first kappa shape index (κ1) is 69.7. The number of nitrogens with zero attached hydrogens (tertiary/aromatic N) is 1. The molecule has 0 aliphatic rings. The van der Waals surface area contributed by atoms with Gasteiger partial charge in [0, 0.05) is 12.8 Å². The molecule has 0 aliphatic heterocycles. The number of hydrogen-bond acceptors (Lipinski definition) is 6. The molecular weight excluding hydrogens is 916 g/mol. The molecular formula is C62H116N2O7P+. The number of esters is 1. The molecule has 0 bridgehead atoms. The van der Waals surface area contributed by atoms with Crippen LogP contribution < -0.4 is 5.32 Å². The number of likely N-dealkylation sites (N-methyl/N-ethyl adjacent to an activating group) is 1. The molecule has 3 unspecified atom stereocenters. The van der Waals surface area contributed by atoms with Gasteiger partial charge in [0.2, 0.25) is 5.91 Å². The summed E-state index contributed by atoms with van der Waals surface area (Å²) in [4.78, 5) is 37.6. The SMILES string of the molecule is CC/C=C/C/C=C/C/C=C/CCCCCCC(=O)OC(/C=C\CCCCCCCCCCCCC)C(COP(=O)(O)OCC[N+](C)(C)C)NC(=O)CCCCCCCCCCC/C=C/CCCCCCCC. The molecule has 0 aliphatic carbocycles. The number of rotatable bonds is 54. The van der Waals surface area contributed by atoms with Crippen molar-refractivity contribution >= 4 is 19.7 Å². The number of nitrogens with one attached hydrogen (secondary N) is 1. The summed E-state index contributed by atoms with van der Waals surface area (Å²) in [6.07, 6.45) is 65.0. The van der Waals surface area contributed by atoms with E-state index in [1.165, 1.54) is 148 Å². The van der Waals surface area contributed by atoms with Crippen molar-refractivity contribution in [3.8, 4) is 0 Å². The summed E-state index contributed by atoms with van der Waals surface area (Å²) in [7, 11) is 1.48. The van der Waals surface area contributed by atoms with E-state index in [2.05, 4.69) is 74.7 Å². The van der Waals surface area contributed by atoms with Gasteiger partial charge in [0.15, 0.2) is 0 Å². The number of allylic oxidation sites excluding steroid dienone is 9. The van der Waals surface area contributed by atoms with Crippen molar-refractivity contribution in [3.63, 3.8) is 0 Å². The van der Waals surface area contributed by atoms with Crippen molar-refractivity contribution in [2.45, 2.75) is 283 Å². The van der Waals surface area contributed by atoms with E-state index in [-0.39, 0.29) is 31.5 Å². The Kier molecular flexibility index (Phi) is 50.5. The normalized spacial score (nSPS) is 14.2. The molecule has 72 heavy (non-hydrogen) atoms. The smallest absolute Gasteiger partial charge is 0.456 e. The van der Waals surface area contributed by atoms with E-state index >= 15 is 0 Å². The molecule has 10 heteroatoms. The molecule has 0 spiro atoms. The van der Waals surface area contributed by atoms with E-state index < -0.39 is 20.0 Å². The predicted molar refractivity (Wildman–Crippen MR) is 309 cm³/mol. The molecule has 0 fully saturated rings. The summed E-state index contributed by atoms with van der Waals surface area (Å²) in [5.41, 5.74) is 0. The maximum Gasteiger partial charge on any atom is 0.472 e. The fourth-order valence-corrected chi connectivity index (χ4v) is 9.27. The largest absolute Gasteiger partial charge is 0.472 e. The van der Waals surface area contributed by atoms with Crippen LogP contribution in [0.1, 0.15) is 271 Å². The average molecular weight is 1030 g/mol. The molecule has 2 N–H and O–H groups in total. The molecule has 9 nitrogen and oxygen atoms in total. The van der Waals surface area contributed by atoms with Crippen molar-refractivity contribution in [1.82, 2.24) is 5.32 Å². The zero-order chi connectivity index (χ0) is 52.9. The van der Waals surface area contributed by atoms with Crippen LogP contribution in [0.2, 0.25) is 0 Å². The van der Waals surface area contributed by atoms with E-state index in [9.17, 15) is 19.0 Å². The molecule has 3 atom stereocenters. The third-order valence-electron chi connectivity index (χ3n) is 13.2. The zero-order valence-corrected chi connectivity index (χ0v) is 48.8. The van der Waals surface area contributed by atoms with Crippen LogP contribution >= 0.6 is 7.82 Å². The minimum Gasteiger partial charge on any atom is -0.456 e. The maximum atomic E-state index is 13.5. The van der Waals surface area contributed by atoms with Crippen molar-refractivity contribution < 1.29 is 37.3 Å². The van der Waals surface area contributed by atoms with Crippen LogP contribution in [0.15, 0.2) is 60.8 Å². The van der Waals surface area contributed by atoms with E-state index in [0.29, 0.717) is 23.9 Å². The van der Waals surface area contributed by atoms with Crippen LogP contribution in [0.25, 0.3) is 0 Å². The number of carbonyl (C=O) groups excluding carboxylic acids is 2. The van der Waals surface area contributed by atoms with Gasteiger partial charge in [-0.3, -0.25) is 18.6 Å². The van der Waals surface area contributed by atoms with Gasteiger partial charge in [-0.1, -0.05) is 230 Å². The third kappa shape index (κ3) is 52.6. The molecule has 0 aromatic rings. The van der Waals surface area contributed by atoms with Crippen LogP contribution in [0.3, 0.4) is 0 Å². The first-order valence-corrected chi connectivity index (χ1v) is 31.6. The quantitative estimate of drug-likeness (QED) is 0.0205. The van der Waals surface area contributed by atoms with Crippen molar-refractivity contribution in [1.29, 1.82) is 0 Å². The number of ether oxygens (including phenoxy) is 1. The second-order valence-corrected chi connectivity index (χ2v) is 22.9. The lowest BCUT2D eigenvalue weighted by molar-refractivity contribution is -0.870. The Morgan fingerprint density at radius 1 is 0.500 bits per heavy atom. The van der Waals surface area contributed by atoms with Crippen molar-refractivity contribution in [2.75, 3.05) is 40.9 Å². The number of amides is 1. The van der Waals surface area contributed by atoms with Crippen LogP contribution in [-0.2, 0) is 27.9 Å². The number of hydrogen-bond donors (Lipinski definition) is 2. The topological polar surface area (TPSA) is 111 Å². The van der Waals surface area contributed by atoms with Crippen LogP contribution in [0, 0.1) is 0 Å². The highest BCUT2D eigenvalue weighted by molar-refractivity contribution is 7.47. The lowest BCUT2D eigenvalue weighted by atomic mass is 10.0. The highest BCUT2D eigenvalue weighted by Crippen LogP contribution is 2.43. The molecule has 0 saturated carbocycles. The van der Waals surface area contributed by atoms with Crippen LogP contribution in [0.4, 0.5) is 0 Å². The van der Waals surface area contributed by atoms with Gasteiger partial charge < -0.3 is 19.4 Å². The number of phosphoric acid groups is 1. The van der Waals surface area contributed by atoms with E-state index in [1.54, 1.807) is 0 Å². The number of quaternary nitrogens is 1. The van der Waals surface area contributed by atoms with Gasteiger partial charge >= 0.3 is 13.8 Å². The van der Waals surface area contributed by atoms with Crippen LogP contribution in [-0.4, -0.2) is 74.3 Å². The summed E-state index contributed by atoms with van der Waals surface area (Å²) >= 11 is 0. The zero-order valence-electron chi connectivity index (χ0n) is 47.9.